The van der Waals surface area contributed by atoms with Crippen molar-refractivity contribution in [2.45, 2.75) is 13.0 Å². The molecule has 0 saturated heterocycles. The van der Waals surface area contributed by atoms with Gasteiger partial charge in [0.15, 0.2) is 0 Å². The van der Waals surface area contributed by atoms with Crippen molar-refractivity contribution < 1.29 is 5.11 Å². The van der Waals surface area contributed by atoms with Gasteiger partial charge in [0.25, 0.3) is 0 Å². The van der Waals surface area contributed by atoms with Gasteiger partial charge in [-0.1, -0.05) is 24.3 Å². The second-order valence-corrected chi connectivity index (χ2v) is 2.61. The van der Waals surface area contributed by atoms with Gasteiger partial charge in [-0.25, -0.2) is 0 Å². The third-order valence-electron chi connectivity index (χ3n) is 1.69. The van der Waals surface area contributed by atoms with Crippen molar-refractivity contribution >= 4 is 0 Å². The minimum atomic E-state index is 0.566. The summed E-state index contributed by atoms with van der Waals surface area (Å²) in [6.45, 7) is 0.566. The molecule has 0 aliphatic heterocycles. The van der Waals surface area contributed by atoms with Crippen molar-refractivity contribution in [1.29, 1.82) is 0 Å². The van der Waals surface area contributed by atoms with Gasteiger partial charge in [0.1, 0.15) is 0 Å². The molecule has 2 heteroatoms. The highest BCUT2D eigenvalue weighted by Crippen LogP contribution is 2.05. The number of hydrogen-bond acceptors (Lipinski definition) is 2. The highest BCUT2D eigenvalue weighted by atomic mass is 16.2. The van der Waals surface area contributed by atoms with Gasteiger partial charge < -0.3 is 10.8 Å². The lowest BCUT2D eigenvalue weighted by molar-refractivity contribution is 0.471. The zero-order valence-electron chi connectivity index (χ0n) is 6.90. The van der Waals surface area contributed by atoms with Crippen LogP contribution in [0.3, 0.4) is 0 Å². The first-order valence-electron chi connectivity index (χ1n) is 3.94. The maximum absolute atomic E-state index is 8.45. The monoisotopic (exact) mass is 163 g/mol. The van der Waals surface area contributed by atoms with Gasteiger partial charge in [0, 0.05) is 6.54 Å². The maximum atomic E-state index is 8.45. The fourth-order valence-electron chi connectivity index (χ4n) is 1.07. The highest BCUT2D eigenvalue weighted by molar-refractivity contribution is 5.24. The number of nitrogens with two attached hydrogens (primary N) is 1. The van der Waals surface area contributed by atoms with Crippen LogP contribution in [-0.4, -0.2) is 5.11 Å². The van der Waals surface area contributed by atoms with Gasteiger partial charge in [-0.05, 0) is 23.6 Å². The van der Waals surface area contributed by atoms with Crippen molar-refractivity contribution in [3.8, 4) is 0 Å². The van der Waals surface area contributed by atoms with Crippen molar-refractivity contribution in [3.05, 3.63) is 47.7 Å². The van der Waals surface area contributed by atoms with E-state index in [0.717, 1.165) is 18.2 Å². The second-order valence-electron chi connectivity index (χ2n) is 2.61. The normalized spacial score (nSPS) is 10.8. The smallest absolute Gasteiger partial charge is 0.0755 e. The highest BCUT2D eigenvalue weighted by Gasteiger charge is 1.91. The Labute approximate surface area is 72.3 Å². The van der Waals surface area contributed by atoms with E-state index < -0.39 is 0 Å². The zero-order valence-corrected chi connectivity index (χ0v) is 6.90. The number of benzene rings is 1. The lowest BCUT2D eigenvalue weighted by atomic mass is 10.1. The molecule has 0 unspecified atom stereocenters. The Bertz CT molecular complexity index is 268. The molecule has 3 N–H and O–H groups in total. The zero-order chi connectivity index (χ0) is 8.81. The van der Waals surface area contributed by atoms with Gasteiger partial charge in [0.05, 0.1) is 6.26 Å². The van der Waals surface area contributed by atoms with Crippen LogP contribution in [0.1, 0.15) is 11.1 Å². The fraction of sp³-hybridized carbons (Fsp3) is 0.200. The van der Waals surface area contributed by atoms with E-state index >= 15 is 0 Å². The molecule has 0 bridgehead atoms. The molecule has 0 fully saturated rings. The van der Waals surface area contributed by atoms with Gasteiger partial charge in [0.2, 0.25) is 0 Å². The van der Waals surface area contributed by atoms with Gasteiger partial charge in [-0.15, -0.1) is 0 Å². The molecule has 0 aliphatic rings. The maximum Gasteiger partial charge on any atom is 0.0755 e. The molecule has 64 valence electrons. The summed E-state index contributed by atoms with van der Waals surface area (Å²) in [6.07, 6.45) is 3.52. The Morgan fingerprint density at radius 3 is 2.75 bits per heavy atom. The van der Waals surface area contributed by atoms with E-state index in [2.05, 4.69) is 0 Å². The summed E-state index contributed by atoms with van der Waals surface area (Å²) in [6, 6.07) is 8.02. The van der Waals surface area contributed by atoms with E-state index in [9.17, 15) is 0 Å². The minimum absolute atomic E-state index is 0.566. The molecule has 0 aromatic heterocycles. The van der Waals surface area contributed by atoms with Crippen molar-refractivity contribution in [2.75, 3.05) is 0 Å². The van der Waals surface area contributed by atoms with E-state index in [1.807, 2.05) is 24.3 Å². The quantitative estimate of drug-likeness (QED) is 0.667. The summed E-state index contributed by atoms with van der Waals surface area (Å²) in [5, 5.41) is 8.45. The van der Waals surface area contributed by atoms with Crippen LogP contribution in [0.25, 0.3) is 0 Å². The molecule has 2 nitrogen and oxygen atoms in total. The van der Waals surface area contributed by atoms with E-state index in [1.165, 1.54) is 5.56 Å². The summed E-state index contributed by atoms with van der Waals surface area (Å²) in [7, 11) is 0. The molecule has 0 heterocycles. The predicted molar refractivity (Wildman–Crippen MR) is 49.8 cm³/mol. The van der Waals surface area contributed by atoms with Crippen LogP contribution >= 0.6 is 0 Å². The predicted octanol–water partition coefficient (Wildman–Crippen LogP) is 1.76. The second kappa shape index (κ2) is 4.57. The van der Waals surface area contributed by atoms with Crippen LogP contribution in [0.5, 0.6) is 0 Å². The molecule has 1 rings (SSSR count). The van der Waals surface area contributed by atoms with Crippen LogP contribution in [0.15, 0.2) is 36.6 Å². The average Bonchev–Trinajstić information content (AvgIpc) is 2.15. The fourth-order valence-corrected chi connectivity index (χ4v) is 1.07. The SMILES string of the molecule is NCc1cccc(CC=CO)c1. The first-order valence-corrected chi connectivity index (χ1v) is 3.94. The molecule has 0 radical (unpaired) electrons. The van der Waals surface area contributed by atoms with Crippen molar-refractivity contribution in [1.82, 2.24) is 0 Å². The number of aliphatic hydroxyl groups is 1. The van der Waals surface area contributed by atoms with E-state index in [4.69, 9.17) is 10.8 Å². The summed E-state index contributed by atoms with van der Waals surface area (Å²) < 4.78 is 0. The molecular formula is C10H13NO. The largest absolute Gasteiger partial charge is 0.516 e. The lowest BCUT2D eigenvalue weighted by Gasteiger charge is -1.99. The number of aliphatic hydroxyl groups excluding tert-OH is 1. The van der Waals surface area contributed by atoms with E-state index in [-0.39, 0.29) is 0 Å². The van der Waals surface area contributed by atoms with Crippen LogP contribution in [0, 0.1) is 0 Å². The molecule has 1 aromatic carbocycles. The third-order valence-corrected chi connectivity index (χ3v) is 1.69. The third kappa shape index (κ3) is 2.40. The summed E-state index contributed by atoms with van der Waals surface area (Å²) in [4.78, 5) is 0. The molecule has 0 aliphatic carbocycles. The van der Waals surface area contributed by atoms with E-state index in [1.54, 1.807) is 6.08 Å². The molecule has 0 amide bonds. The van der Waals surface area contributed by atoms with Crippen LogP contribution < -0.4 is 5.73 Å². The van der Waals surface area contributed by atoms with Crippen LogP contribution in [0.2, 0.25) is 0 Å². The summed E-state index contributed by atoms with van der Waals surface area (Å²) in [5.74, 6) is 0. The molecule has 0 spiro atoms. The van der Waals surface area contributed by atoms with Crippen LogP contribution in [0.4, 0.5) is 0 Å². The molecule has 0 saturated carbocycles. The molecule has 1 aromatic rings. The van der Waals surface area contributed by atoms with Gasteiger partial charge in [-0.2, -0.15) is 0 Å². The Balaban J connectivity index is 2.72. The Morgan fingerprint density at radius 2 is 2.08 bits per heavy atom. The first-order chi connectivity index (χ1) is 5.86. The Morgan fingerprint density at radius 1 is 1.33 bits per heavy atom. The van der Waals surface area contributed by atoms with Crippen molar-refractivity contribution in [2.24, 2.45) is 5.73 Å². The van der Waals surface area contributed by atoms with Gasteiger partial charge >= 0.3 is 0 Å². The minimum Gasteiger partial charge on any atom is -0.516 e. The van der Waals surface area contributed by atoms with E-state index in [0.29, 0.717) is 6.54 Å². The molecule has 0 atom stereocenters. The Kier molecular flexibility index (Phi) is 3.35. The van der Waals surface area contributed by atoms with Gasteiger partial charge in [-0.3, -0.25) is 0 Å². The van der Waals surface area contributed by atoms with Crippen molar-refractivity contribution in [3.63, 3.8) is 0 Å². The average molecular weight is 163 g/mol. The topological polar surface area (TPSA) is 46.2 Å². The Hall–Kier alpha value is -1.28. The number of hydrogen-bond donors (Lipinski definition) is 2. The molecular weight excluding hydrogens is 150 g/mol. The first kappa shape index (κ1) is 8.81. The van der Waals surface area contributed by atoms with Crippen LogP contribution in [-0.2, 0) is 13.0 Å². The number of rotatable bonds is 3. The summed E-state index contributed by atoms with van der Waals surface area (Å²) in [5.41, 5.74) is 7.77. The summed E-state index contributed by atoms with van der Waals surface area (Å²) >= 11 is 0. The lowest BCUT2D eigenvalue weighted by Crippen LogP contribution is -1.96. The standard InChI is InChI=1S/C10H13NO/c11-8-10-4-1-3-9(7-10)5-2-6-12/h1-4,6-7,12H,5,8,11H2. The molecule has 12 heavy (non-hydrogen) atoms. The number of allylic oxidation sites excluding steroid dienone is 1.